The molecule has 0 atom stereocenters. The molecule has 0 amide bonds. The number of benzene rings is 2. The van der Waals surface area contributed by atoms with Gasteiger partial charge in [0.05, 0.1) is 0 Å². The second-order valence-corrected chi connectivity index (χ2v) is 7.66. The van der Waals surface area contributed by atoms with Crippen molar-refractivity contribution in [1.82, 2.24) is 0 Å². The zero-order chi connectivity index (χ0) is 20.2. The third-order valence-corrected chi connectivity index (χ3v) is 5.27. The van der Waals surface area contributed by atoms with E-state index in [2.05, 4.69) is 32.9 Å². The van der Waals surface area contributed by atoms with Crippen LogP contribution >= 0.6 is 0 Å². The van der Waals surface area contributed by atoms with E-state index in [1.807, 2.05) is 24.3 Å². The molecule has 0 aliphatic heterocycles. The average molecular weight is 381 g/mol. The van der Waals surface area contributed by atoms with Crippen LogP contribution in [0.15, 0.2) is 36.4 Å². The van der Waals surface area contributed by atoms with Crippen LogP contribution in [0.2, 0.25) is 0 Å². The molecule has 0 aliphatic rings. The molecule has 0 heterocycles. The van der Waals surface area contributed by atoms with Crippen LogP contribution in [-0.4, -0.2) is 6.29 Å². The van der Waals surface area contributed by atoms with E-state index in [4.69, 9.17) is 4.74 Å². The van der Waals surface area contributed by atoms with E-state index in [-0.39, 0.29) is 0 Å². The first-order valence-electron chi connectivity index (χ1n) is 11.0. The van der Waals surface area contributed by atoms with Crippen LogP contribution in [0.4, 0.5) is 0 Å². The second kappa shape index (κ2) is 12.4. The van der Waals surface area contributed by atoms with E-state index in [1.54, 1.807) is 0 Å². The maximum absolute atomic E-state index is 11.3. The van der Waals surface area contributed by atoms with Gasteiger partial charge in [-0.2, -0.15) is 0 Å². The predicted molar refractivity (Wildman–Crippen MR) is 118 cm³/mol. The first-order chi connectivity index (χ1) is 13.7. The van der Waals surface area contributed by atoms with Gasteiger partial charge in [-0.15, -0.1) is 0 Å². The minimum Gasteiger partial charge on any atom is -0.488 e. The van der Waals surface area contributed by atoms with Crippen molar-refractivity contribution in [3.8, 4) is 5.75 Å². The van der Waals surface area contributed by atoms with Crippen LogP contribution in [-0.2, 0) is 25.9 Å². The van der Waals surface area contributed by atoms with Crippen molar-refractivity contribution in [2.75, 3.05) is 0 Å². The lowest BCUT2D eigenvalue weighted by Gasteiger charge is -2.19. The van der Waals surface area contributed by atoms with Gasteiger partial charge in [0, 0.05) is 5.56 Å². The third kappa shape index (κ3) is 6.51. The summed E-state index contributed by atoms with van der Waals surface area (Å²) in [6.07, 6.45) is 11.3. The topological polar surface area (TPSA) is 26.3 Å². The summed E-state index contributed by atoms with van der Waals surface area (Å²) in [5.74, 6) is 1.06. The summed E-state index contributed by atoms with van der Waals surface area (Å²) in [6, 6.07) is 12.4. The quantitative estimate of drug-likeness (QED) is 0.346. The summed E-state index contributed by atoms with van der Waals surface area (Å²) in [4.78, 5) is 11.3. The fourth-order valence-corrected chi connectivity index (χ4v) is 3.57. The summed E-state index contributed by atoms with van der Waals surface area (Å²) in [6.45, 7) is 7.17. The summed E-state index contributed by atoms with van der Waals surface area (Å²) < 4.78 is 6.39. The Bertz CT molecular complexity index is 704. The van der Waals surface area contributed by atoms with Gasteiger partial charge >= 0.3 is 0 Å². The van der Waals surface area contributed by atoms with E-state index < -0.39 is 0 Å². The van der Waals surface area contributed by atoms with Crippen molar-refractivity contribution in [2.45, 2.75) is 85.2 Å². The maximum atomic E-state index is 11.3. The fraction of sp³-hybridized carbons (Fsp3) is 0.500. The number of rotatable bonds is 13. The van der Waals surface area contributed by atoms with Crippen LogP contribution in [0.25, 0.3) is 0 Å². The van der Waals surface area contributed by atoms with Crippen molar-refractivity contribution >= 4 is 6.29 Å². The number of hydrogen-bond acceptors (Lipinski definition) is 2. The number of hydrogen-bond donors (Lipinski definition) is 0. The Morgan fingerprint density at radius 2 is 1.36 bits per heavy atom. The van der Waals surface area contributed by atoms with Crippen molar-refractivity contribution in [3.05, 3.63) is 64.2 Å². The second-order valence-electron chi connectivity index (χ2n) is 7.66. The standard InChI is InChI=1S/C26H36O2/c1-4-7-12-21-17-22(13-8-5-2)26(23(18-21)14-9-6-3)28-20-25-16-11-10-15-24(25)19-27/h10-11,15-19H,4-9,12-14,20H2,1-3H3. The molecule has 0 spiro atoms. The zero-order valence-electron chi connectivity index (χ0n) is 17.9. The third-order valence-electron chi connectivity index (χ3n) is 5.27. The number of carbonyl (C=O) groups is 1. The van der Waals surface area contributed by atoms with Crippen molar-refractivity contribution in [3.63, 3.8) is 0 Å². The first-order valence-corrected chi connectivity index (χ1v) is 11.0. The SMILES string of the molecule is CCCCc1cc(CCCC)c(OCc2ccccc2C=O)c(CCCC)c1. The van der Waals surface area contributed by atoms with Gasteiger partial charge in [0.2, 0.25) is 0 Å². The molecule has 0 bridgehead atoms. The van der Waals surface area contributed by atoms with Crippen molar-refractivity contribution in [2.24, 2.45) is 0 Å². The van der Waals surface area contributed by atoms with E-state index in [1.165, 1.54) is 55.2 Å². The summed E-state index contributed by atoms with van der Waals surface area (Å²) in [5.41, 5.74) is 5.79. The molecular formula is C26H36O2. The van der Waals surface area contributed by atoms with E-state index >= 15 is 0 Å². The van der Waals surface area contributed by atoms with Gasteiger partial charge in [0.25, 0.3) is 0 Å². The lowest BCUT2D eigenvalue weighted by atomic mass is 9.95. The van der Waals surface area contributed by atoms with Gasteiger partial charge in [-0.05, 0) is 60.8 Å². The highest BCUT2D eigenvalue weighted by Gasteiger charge is 2.13. The maximum Gasteiger partial charge on any atom is 0.150 e. The van der Waals surface area contributed by atoms with Crippen LogP contribution in [0.1, 0.15) is 91.9 Å². The Morgan fingerprint density at radius 3 is 1.93 bits per heavy atom. The molecule has 0 radical (unpaired) electrons. The molecule has 2 nitrogen and oxygen atoms in total. The van der Waals surface area contributed by atoms with Gasteiger partial charge in [0.15, 0.2) is 0 Å². The molecule has 2 heteroatoms. The Morgan fingerprint density at radius 1 is 0.786 bits per heavy atom. The minimum absolute atomic E-state index is 0.446. The molecule has 0 aromatic heterocycles. The van der Waals surface area contributed by atoms with Crippen LogP contribution < -0.4 is 4.74 Å². The minimum atomic E-state index is 0.446. The number of aldehydes is 1. The van der Waals surface area contributed by atoms with Gasteiger partial charge in [0.1, 0.15) is 18.6 Å². The van der Waals surface area contributed by atoms with Crippen LogP contribution in [0.3, 0.4) is 0 Å². The summed E-state index contributed by atoms with van der Waals surface area (Å²) in [7, 11) is 0. The lowest BCUT2D eigenvalue weighted by Crippen LogP contribution is -2.06. The Hall–Kier alpha value is -2.09. The highest BCUT2D eigenvalue weighted by Crippen LogP contribution is 2.31. The average Bonchev–Trinajstić information content (AvgIpc) is 2.73. The number of ether oxygens (including phenoxy) is 1. The van der Waals surface area contributed by atoms with Crippen molar-refractivity contribution in [1.29, 1.82) is 0 Å². The largest absolute Gasteiger partial charge is 0.488 e. The molecule has 0 fully saturated rings. The highest BCUT2D eigenvalue weighted by molar-refractivity contribution is 5.77. The Labute approximate surface area is 171 Å². The van der Waals surface area contributed by atoms with Crippen LogP contribution in [0.5, 0.6) is 5.75 Å². The number of unbranched alkanes of at least 4 members (excludes halogenated alkanes) is 3. The number of carbonyl (C=O) groups excluding carboxylic acids is 1. The zero-order valence-corrected chi connectivity index (χ0v) is 17.9. The summed E-state index contributed by atoms with van der Waals surface area (Å²) >= 11 is 0. The first kappa shape index (κ1) is 22.2. The van der Waals surface area contributed by atoms with Gasteiger partial charge in [-0.1, -0.05) is 76.4 Å². The fourth-order valence-electron chi connectivity index (χ4n) is 3.57. The molecule has 0 N–H and O–H groups in total. The monoisotopic (exact) mass is 380 g/mol. The molecule has 0 aliphatic carbocycles. The Balaban J connectivity index is 2.34. The molecular weight excluding hydrogens is 344 g/mol. The summed E-state index contributed by atoms with van der Waals surface area (Å²) in [5, 5.41) is 0. The van der Waals surface area contributed by atoms with E-state index in [9.17, 15) is 4.79 Å². The predicted octanol–water partition coefficient (Wildman–Crippen LogP) is 7.11. The molecule has 0 unspecified atom stereocenters. The normalized spacial score (nSPS) is 10.8. The molecule has 0 saturated heterocycles. The molecule has 2 rings (SSSR count). The number of aryl methyl sites for hydroxylation is 3. The van der Waals surface area contributed by atoms with Gasteiger partial charge < -0.3 is 4.74 Å². The molecule has 0 saturated carbocycles. The van der Waals surface area contributed by atoms with Gasteiger partial charge in [-0.3, -0.25) is 4.79 Å². The smallest absolute Gasteiger partial charge is 0.150 e. The molecule has 2 aromatic carbocycles. The lowest BCUT2D eigenvalue weighted by molar-refractivity contribution is 0.112. The van der Waals surface area contributed by atoms with Crippen LogP contribution in [0, 0.1) is 0 Å². The Kier molecular flexibility index (Phi) is 9.82. The molecule has 152 valence electrons. The molecule has 28 heavy (non-hydrogen) atoms. The van der Waals surface area contributed by atoms with Gasteiger partial charge in [-0.25, -0.2) is 0 Å². The highest BCUT2D eigenvalue weighted by atomic mass is 16.5. The van der Waals surface area contributed by atoms with E-state index in [0.29, 0.717) is 12.2 Å². The van der Waals surface area contributed by atoms with Crippen molar-refractivity contribution < 1.29 is 9.53 Å². The van der Waals surface area contributed by atoms with E-state index in [0.717, 1.165) is 36.9 Å². The molecule has 2 aromatic rings.